The SMILES string of the molecule is CCCCOCCCNC(=O)NCc1ccc(C(=O)Oc2ccccc2N)s1. The molecule has 1 aromatic carbocycles. The predicted molar refractivity (Wildman–Crippen MR) is 111 cm³/mol. The van der Waals surface area contributed by atoms with Crippen molar-refractivity contribution in [3.05, 3.63) is 46.2 Å². The van der Waals surface area contributed by atoms with Crippen LogP contribution < -0.4 is 21.1 Å². The number of nitrogens with two attached hydrogens (primary N) is 1. The van der Waals surface area contributed by atoms with Crippen LogP contribution in [0.25, 0.3) is 0 Å². The summed E-state index contributed by atoms with van der Waals surface area (Å²) in [7, 11) is 0. The number of urea groups is 1. The van der Waals surface area contributed by atoms with Crippen molar-refractivity contribution in [2.24, 2.45) is 0 Å². The van der Waals surface area contributed by atoms with Gasteiger partial charge in [-0.2, -0.15) is 0 Å². The monoisotopic (exact) mass is 405 g/mol. The number of para-hydroxylation sites is 2. The minimum Gasteiger partial charge on any atom is -0.420 e. The van der Waals surface area contributed by atoms with Crippen molar-refractivity contribution >= 4 is 29.0 Å². The van der Waals surface area contributed by atoms with E-state index in [2.05, 4.69) is 17.6 Å². The average Bonchev–Trinajstić information content (AvgIpc) is 3.17. The third-order valence-corrected chi connectivity index (χ3v) is 4.87. The minimum absolute atomic E-state index is 0.247. The Hall–Kier alpha value is -2.58. The molecule has 1 aromatic heterocycles. The fraction of sp³-hybridized carbons (Fsp3) is 0.400. The van der Waals surface area contributed by atoms with Crippen LogP contribution in [0, 0.1) is 0 Å². The standard InChI is InChI=1S/C20H27N3O4S/c1-2-3-12-26-13-6-11-22-20(25)23-14-15-9-10-18(28-15)19(24)27-17-8-5-4-7-16(17)21/h4-5,7-10H,2-3,6,11-14,21H2,1H3,(H2,22,23,25). The number of benzene rings is 1. The highest BCUT2D eigenvalue weighted by molar-refractivity contribution is 7.13. The van der Waals surface area contributed by atoms with Crippen molar-refractivity contribution in [2.75, 3.05) is 25.5 Å². The number of nitrogens with one attached hydrogen (secondary N) is 2. The zero-order valence-corrected chi connectivity index (χ0v) is 16.8. The number of hydrogen-bond donors (Lipinski definition) is 3. The number of rotatable bonds is 11. The van der Waals surface area contributed by atoms with Crippen molar-refractivity contribution in [3.8, 4) is 5.75 Å². The number of esters is 1. The third kappa shape index (κ3) is 7.58. The van der Waals surface area contributed by atoms with Crippen LogP contribution in [0.3, 0.4) is 0 Å². The molecular formula is C20H27N3O4S. The molecule has 0 bridgehead atoms. The third-order valence-electron chi connectivity index (χ3n) is 3.80. The molecule has 0 aliphatic heterocycles. The van der Waals surface area contributed by atoms with E-state index in [0.29, 0.717) is 36.0 Å². The maximum Gasteiger partial charge on any atom is 0.353 e. The van der Waals surface area contributed by atoms with E-state index in [1.54, 1.807) is 36.4 Å². The highest BCUT2D eigenvalue weighted by atomic mass is 32.1. The fourth-order valence-electron chi connectivity index (χ4n) is 2.26. The molecule has 2 amide bonds. The largest absolute Gasteiger partial charge is 0.420 e. The molecule has 1 heterocycles. The molecule has 0 fully saturated rings. The second-order valence-electron chi connectivity index (χ2n) is 6.12. The molecule has 7 nitrogen and oxygen atoms in total. The molecule has 8 heteroatoms. The van der Waals surface area contributed by atoms with Gasteiger partial charge in [0.2, 0.25) is 0 Å². The van der Waals surface area contributed by atoms with Crippen molar-refractivity contribution < 1.29 is 19.1 Å². The summed E-state index contributed by atoms with van der Waals surface area (Å²) in [5, 5.41) is 5.55. The number of hydrogen-bond acceptors (Lipinski definition) is 6. The average molecular weight is 406 g/mol. The van der Waals surface area contributed by atoms with Crippen LogP contribution >= 0.6 is 11.3 Å². The minimum atomic E-state index is -0.471. The maximum atomic E-state index is 12.2. The van der Waals surface area contributed by atoms with Gasteiger partial charge in [-0.05, 0) is 37.1 Å². The maximum absolute atomic E-state index is 12.2. The van der Waals surface area contributed by atoms with Gasteiger partial charge < -0.3 is 25.8 Å². The molecule has 0 aliphatic carbocycles. The zero-order valence-electron chi connectivity index (χ0n) is 16.0. The first kappa shape index (κ1) is 21.7. The number of carbonyl (C=O) groups excluding carboxylic acids is 2. The lowest BCUT2D eigenvalue weighted by Gasteiger charge is -2.07. The smallest absolute Gasteiger partial charge is 0.353 e. The van der Waals surface area contributed by atoms with Crippen LogP contribution in [-0.2, 0) is 11.3 Å². The summed E-state index contributed by atoms with van der Waals surface area (Å²) in [5.41, 5.74) is 6.18. The van der Waals surface area contributed by atoms with E-state index in [1.807, 2.05) is 0 Å². The summed E-state index contributed by atoms with van der Waals surface area (Å²) < 4.78 is 10.7. The van der Waals surface area contributed by atoms with Crippen LogP contribution in [0.2, 0.25) is 0 Å². The lowest BCUT2D eigenvalue weighted by atomic mass is 10.3. The molecule has 2 aromatic rings. The molecule has 0 saturated carbocycles. The van der Waals surface area contributed by atoms with Gasteiger partial charge in [-0.1, -0.05) is 25.5 Å². The Morgan fingerprint density at radius 2 is 1.86 bits per heavy atom. The van der Waals surface area contributed by atoms with Crippen LogP contribution in [-0.4, -0.2) is 31.8 Å². The molecule has 0 saturated heterocycles. The quantitative estimate of drug-likeness (QED) is 0.230. The predicted octanol–water partition coefficient (Wildman–Crippen LogP) is 3.56. The molecule has 2 rings (SSSR count). The molecule has 0 spiro atoms. The molecule has 0 atom stereocenters. The number of thiophene rings is 1. The molecule has 0 aliphatic rings. The number of ether oxygens (including phenoxy) is 2. The number of carbonyl (C=O) groups is 2. The Morgan fingerprint density at radius 3 is 2.64 bits per heavy atom. The Labute approximate surface area is 169 Å². The molecule has 152 valence electrons. The van der Waals surface area contributed by atoms with E-state index < -0.39 is 5.97 Å². The van der Waals surface area contributed by atoms with E-state index in [0.717, 1.165) is 30.7 Å². The van der Waals surface area contributed by atoms with Crippen LogP contribution in [0.4, 0.5) is 10.5 Å². The summed E-state index contributed by atoms with van der Waals surface area (Å²) in [6, 6.07) is 10.0. The summed E-state index contributed by atoms with van der Waals surface area (Å²) in [6.07, 6.45) is 2.95. The number of amides is 2. The van der Waals surface area contributed by atoms with Gasteiger partial charge in [0.05, 0.1) is 12.2 Å². The molecular weight excluding hydrogens is 378 g/mol. The summed E-state index contributed by atoms with van der Waals surface area (Å²) >= 11 is 1.27. The normalized spacial score (nSPS) is 10.5. The highest BCUT2D eigenvalue weighted by Crippen LogP contribution is 2.23. The summed E-state index contributed by atoms with van der Waals surface area (Å²) in [4.78, 5) is 25.3. The second-order valence-corrected chi connectivity index (χ2v) is 7.29. The molecule has 28 heavy (non-hydrogen) atoms. The Bertz CT molecular complexity index is 763. The van der Waals surface area contributed by atoms with Gasteiger partial charge in [-0.3, -0.25) is 0 Å². The van der Waals surface area contributed by atoms with E-state index in [1.165, 1.54) is 11.3 Å². The van der Waals surface area contributed by atoms with Crippen molar-refractivity contribution in [2.45, 2.75) is 32.7 Å². The first-order valence-corrected chi connectivity index (χ1v) is 10.2. The molecule has 4 N–H and O–H groups in total. The van der Waals surface area contributed by atoms with Crippen molar-refractivity contribution in [1.82, 2.24) is 10.6 Å². The van der Waals surface area contributed by atoms with Gasteiger partial charge in [-0.15, -0.1) is 11.3 Å². The number of unbranched alkanes of at least 4 members (excludes halogenated alkanes) is 1. The first-order valence-electron chi connectivity index (χ1n) is 9.35. The van der Waals surface area contributed by atoms with E-state index in [-0.39, 0.29) is 6.03 Å². The first-order chi connectivity index (χ1) is 13.6. The Morgan fingerprint density at radius 1 is 1.07 bits per heavy atom. The Kier molecular flexibility index (Phi) is 9.30. The summed E-state index contributed by atoms with van der Waals surface area (Å²) in [5.74, 6) is -0.139. The van der Waals surface area contributed by atoms with Crippen molar-refractivity contribution in [1.29, 1.82) is 0 Å². The van der Waals surface area contributed by atoms with Crippen LogP contribution in [0.1, 0.15) is 40.7 Å². The van der Waals surface area contributed by atoms with Crippen LogP contribution in [0.5, 0.6) is 5.75 Å². The zero-order chi connectivity index (χ0) is 20.2. The number of anilines is 1. The molecule has 0 radical (unpaired) electrons. The lowest BCUT2D eigenvalue weighted by molar-refractivity contribution is 0.0741. The van der Waals surface area contributed by atoms with Crippen molar-refractivity contribution in [3.63, 3.8) is 0 Å². The van der Waals surface area contributed by atoms with Gasteiger partial charge in [0.25, 0.3) is 0 Å². The van der Waals surface area contributed by atoms with Gasteiger partial charge in [-0.25, -0.2) is 9.59 Å². The van der Waals surface area contributed by atoms with Gasteiger partial charge >= 0.3 is 12.0 Å². The van der Waals surface area contributed by atoms with Gasteiger partial charge in [0.15, 0.2) is 5.75 Å². The second kappa shape index (κ2) is 12.0. The number of nitrogen functional groups attached to an aromatic ring is 1. The van der Waals surface area contributed by atoms with Gasteiger partial charge in [0, 0.05) is 24.6 Å². The summed E-state index contributed by atoms with van der Waals surface area (Å²) in [6.45, 7) is 4.42. The Balaban J connectivity index is 1.67. The van der Waals surface area contributed by atoms with E-state index >= 15 is 0 Å². The topological polar surface area (TPSA) is 103 Å². The lowest BCUT2D eigenvalue weighted by Crippen LogP contribution is -2.35. The van der Waals surface area contributed by atoms with Crippen LogP contribution in [0.15, 0.2) is 36.4 Å². The van der Waals surface area contributed by atoms with E-state index in [9.17, 15) is 9.59 Å². The van der Waals surface area contributed by atoms with Gasteiger partial charge in [0.1, 0.15) is 4.88 Å². The molecule has 0 unspecified atom stereocenters. The highest BCUT2D eigenvalue weighted by Gasteiger charge is 2.13. The van der Waals surface area contributed by atoms with E-state index in [4.69, 9.17) is 15.2 Å². The fourth-order valence-corrected chi connectivity index (χ4v) is 3.08.